The van der Waals surface area contributed by atoms with Crippen LogP contribution in [0.3, 0.4) is 0 Å². The van der Waals surface area contributed by atoms with E-state index in [-0.39, 0.29) is 12.1 Å². The van der Waals surface area contributed by atoms with Crippen LogP contribution in [-0.4, -0.2) is 50.1 Å². The topological polar surface area (TPSA) is 128 Å². The molecule has 0 radical (unpaired) electrons. The highest BCUT2D eigenvalue weighted by Crippen LogP contribution is 2.31. The summed E-state index contributed by atoms with van der Waals surface area (Å²) < 4.78 is 15.9. The number of alkyl halides is 1. The first-order chi connectivity index (χ1) is 17.7. The third-order valence-electron chi connectivity index (χ3n) is 6.15. The van der Waals surface area contributed by atoms with E-state index in [1.165, 1.54) is 26.2 Å². The summed E-state index contributed by atoms with van der Waals surface area (Å²) in [5.41, 5.74) is 4.19. The Hall–Kier alpha value is -4.62. The number of pyridine rings is 1. The van der Waals surface area contributed by atoms with Gasteiger partial charge in [-0.1, -0.05) is 0 Å². The summed E-state index contributed by atoms with van der Waals surface area (Å²) in [5.74, 6) is -0.533. The van der Waals surface area contributed by atoms with Gasteiger partial charge in [0.1, 0.15) is 12.2 Å². The van der Waals surface area contributed by atoms with Crippen LogP contribution in [0.2, 0.25) is 0 Å². The number of carbonyl (C=O) groups is 1. The van der Waals surface area contributed by atoms with Gasteiger partial charge in [-0.05, 0) is 61.9 Å². The van der Waals surface area contributed by atoms with Crippen LogP contribution >= 0.6 is 0 Å². The number of anilines is 2. The number of hydrogen-bond donors (Lipinski definition) is 3. The van der Waals surface area contributed by atoms with Crippen molar-refractivity contribution in [3.8, 4) is 17.5 Å². The molecular formula is C27H24FN7O2. The summed E-state index contributed by atoms with van der Waals surface area (Å²) in [6.07, 6.45) is 3.81. The standard InChI is InChI=1S/C27H24FN7O2/c1-27(2,37)25(28)15-32-26(36)20-14-31-23(24-6-4-19-9-16(12-29)13-33-35(19)24)11-22(20)34-18-3-5-21-17(10-18)7-8-30-21/h3-6,8-11,13-14,25,37H,7,15H2,1-2H3,(H,31,34)(H,32,36)/t25-/m1/s1. The van der Waals surface area contributed by atoms with Crippen molar-refractivity contribution in [1.29, 1.82) is 5.26 Å². The average Bonchev–Trinajstić information content (AvgIpc) is 3.52. The molecule has 0 saturated heterocycles. The molecule has 0 unspecified atom stereocenters. The van der Waals surface area contributed by atoms with Gasteiger partial charge in [0.15, 0.2) is 0 Å². The molecule has 1 aromatic carbocycles. The largest absolute Gasteiger partial charge is 0.387 e. The normalized spacial score (nSPS) is 13.3. The molecule has 0 spiro atoms. The molecule has 0 fully saturated rings. The van der Waals surface area contributed by atoms with E-state index in [9.17, 15) is 14.3 Å². The fraction of sp³-hybridized carbons (Fsp3) is 0.222. The molecule has 4 aromatic rings. The number of aliphatic hydroxyl groups is 1. The molecule has 1 atom stereocenters. The van der Waals surface area contributed by atoms with Crippen LogP contribution in [0.15, 0.2) is 59.9 Å². The van der Waals surface area contributed by atoms with Gasteiger partial charge in [-0.15, -0.1) is 0 Å². The Bertz CT molecular complexity index is 1580. The number of amides is 1. The van der Waals surface area contributed by atoms with Crippen LogP contribution in [0.4, 0.5) is 21.5 Å². The van der Waals surface area contributed by atoms with E-state index in [0.29, 0.717) is 22.6 Å². The highest BCUT2D eigenvalue weighted by molar-refractivity contribution is 6.00. The zero-order valence-corrected chi connectivity index (χ0v) is 20.2. The minimum absolute atomic E-state index is 0.212. The second-order valence-electron chi connectivity index (χ2n) is 9.34. The van der Waals surface area contributed by atoms with Gasteiger partial charge in [0, 0.05) is 24.5 Å². The molecule has 3 aromatic heterocycles. The molecule has 186 valence electrons. The molecule has 0 aliphatic carbocycles. The third kappa shape index (κ3) is 4.90. The van der Waals surface area contributed by atoms with Crippen molar-refractivity contribution in [2.45, 2.75) is 32.0 Å². The van der Waals surface area contributed by atoms with Crippen LogP contribution in [-0.2, 0) is 6.42 Å². The van der Waals surface area contributed by atoms with Crippen molar-refractivity contribution < 1.29 is 14.3 Å². The lowest BCUT2D eigenvalue weighted by Gasteiger charge is -2.22. The Morgan fingerprint density at radius 2 is 2.08 bits per heavy atom. The maximum atomic E-state index is 14.3. The van der Waals surface area contributed by atoms with E-state index in [1.807, 2.05) is 36.5 Å². The summed E-state index contributed by atoms with van der Waals surface area (Å²) in [4.78, 5) is 21.9. The minimum Gasteiger partial charge on any atom is -0.387 e. The van der Waals surface area contributed by atoms with E-state index in [0.717, 1.165) is 28.9 Å². The van der Waals surface area contributed by atoms with Crippen molar-refractivity contribution in [1.82, 2.24) is 19.9 Å². The first-order valence-corrected chi connectivity index (χ1v) is 11.7. The molecule has 0 saturated carbocycles. The second kappa shape index (κ2) is 9.44. The molecular weight excluding hydrogens is 473 g/mol. The molecule has 1 aliphatic rings. The first kappa shape index (κ1) is 24.1. The van der Waals surface area contributed by atoms with Crippen molar-refractivity contribution in [3.05, 3.63) is 71.5 Å². The van der Waals surface area contributed by atoms with E-state index >= 15 is 0 Å². The number of hydrogen-bond acceptors (Lipinski definition) is 7. The molecule has 10 heteroatoms. The van der Waals surface area contributed by atoms with Gasteiger partial charge in [-0.2, -0.15) is 10.4 Å². The van der Waals surface area contributed by atoms with Crippen molar-refractivity contribution in [2.75, 3.05) is 11.9 Å². The molecule has 5 rings (SSSR count). The number of nitriles is 1. The monoisotopic (exact) mass is 497 g/mol. The lowest BCUT2D eigenvalue weighted by molar-refractivity contribution is -0.00177. The molecule has 3 N–H and O–H groups in total. The lowest BCUT2D eigenvalue weighted by atomic mass is 10.0. The lowest BCUT2D eigenvalue weighted by Crippen LogP contribution is -2.42. The summed E-state index contributed by atoms with van der Waals surface area (Å²) in [7, 11) is 0. The fourth-order valence-electron chi connectivity index (χ4n) is 4.01. The van der Waals surface area contributed by atoms with E-state index in [4.69, 9.17) is 5.26 Å². The predicted octanol–water partition coefficient (Wildman–Crippen LogP) is 4.11. The van der Waals surface area contributed by atoms with Crippen molar-refractivity contribution in [2.24, 2.45) is 4.99 Å². The smallest absolute Gasteiger partial charge is 0.255 e. The van der Waals surface area contributed by atoms with Crippen LogP contribution in [0.5, 0.6) is 0 Å². The van der Waals surface area contributed by atoms with Gasteiger partial charge in [0.25, 0.3) is 5.91 Å². The Kier molecular flexibility index (Phi) is 6.15. The van der Waals surface area contributed by atoms with Gasteiger partial charge in [0.2, 0.25) is 0 Å². The average molecular weight is 498 g/mol. The first-order valence-electron chi connectivity index (χ1n) is 11.7. The van der Waals surface area contributed by atoms with E-state index < -0.39 is 17.7 Å². The van der Waals surface area contributed by atoms with Crippen LogP contribution in [0.1, 0.15) is 35.3 Å². The molecule has 4 heterocycles. The number of nitrogens with zero attached hydrogens (tertiary/aromatic N) is 5. The van der Waals surface area contributed by atoms with Crippen molar-refractivity contribution in [3.63, 3.8) is 0 Å². The van der Waals surface area contributed by atoms with E-state index in [2.05, 4.69) is 31.8 Å². The molecule has 0 bridgehead atoms. The minimum atomic E-state index is -1.65. The zero-order valence-electron chi connectivity index (χ0n) is 20.2. The Labute approximate surface area is 212 Å². The maximum absolute atomic E-state index is 14.3. The maximum Gasteiger partial charge on any atom is 0.255 e. The third-order valence-corrected chi connectivity index (χ3v) is 6.15. The number of fused-ring (bicyclic) bond motifs is 2. The predicted molar refractivity (Wildman–Crippen MR) is 138 cm³/mol. The number of aliphatic imine (C=N–C) groups is 1. The number of carbonyl (C=O) groups excluding carboxylic acids is 1. The van der Waals surface area contributed by atoms with Gasteiger partial charge in [-0.3, -0.25) is 14.8 Å². The number of halogens is 1. The highest BCUT2D eigenvalue weighted by Gasteiger charge is 2.27. The molecule has 1 amide bonds. The Balaban J connectivity index is 1.51. The van der Waals surface area contributed by atoms with Crippen LogP contribution < -0.4 is 10.6 Å². The number of nitrogens with one attached hydrogen (secondary N) is 2. The number of benzene rings is 1. The summed E-state index contributed by atoms with van der Waals surface area (Å²) in [6, 6.07) is 14.9. The summed E-state index contributed by atoms with van der Waals surface area (Å²) in [6.45, 7) is 2.34. The molecule has 1 aliphatic heterocycles. The second-order valence-corrected chi connectivity index (χ2v) is 9.34. The fourth-order valence-corrected chi connectivity index (χ4v) is 4.01. The van der Waals surface area contributed by atoms with Gasteiger partial charge in [-0.25, -0.2) is 8.91 Å². The van der Waals surface area contributed by atoms with Gasteiger partial charge >= 0.3 is 0 Å². The van der Waals surface area contributed by atoms with E-state index in [1.54, 1.807) is 16.6 Å². The molecule has 37 heavy (non-hydrogen) atoms. The summed E-state index contributed by atoms with van der Waals surface area (Å²) in [5, 5.41) is 29.2. The zero-order chi connectivity index (χ0) is 26.2. The number of aromatic nitrogens is 3. The van der Waals surface area contributed by atoms with Crippen molar-refractivity contribution >= 4 is 34.7 Å². The quantitative estimate of drug-likeness (QED) is 0.353. The van der Waals surface area contributed by atoms with Crippen LogP contribution in [0.25, 0.3) is 16.9 Å². The van der Waals surface area contributed by atoms with Crippen LogP contribution in [0, 0.1) is 11.3 Å². The number of rotatable bonds is 7. The SMILES string of the molecule is CC(C)(O)[C@H](F)CNC(=O)c1cnc(-c2ccc3cc(C#N)cnn23)cc1Nc1ccc2c(c1)CC=N2. The Morgan fingerprint density at radius 3 is 2.86 bits per heavy atom. The van der Waals surface area contributed by atoms with Gasteiger partial charge < -0.3 is 15.7 Å². The summed E-state index contributed by atoms with van der Waals surface area (Å²) >= 11 is 0. The highest BCUT2D eigenvalue weighted by atomic mass is 19.1. The van der Waals surface area contributed by atoms with Gasteiger partial charge in [0.05, 0.1) is 57.7 Å². The molecule has 9 nitrogen and oxygen atoms in total. The Morgan fingerprint density at radius 1 is 1.24 bits per heavy atom.